The lowest BCUT2D eigenvalue weighted by atomic mass is 9.60. The molecule has 2 aromatic rings. The summed E-state index contributed by atoms with van der Waals surface area (Å²) >= 11 is 0. The van der Waals surface area contributed by atoms with Crippen LogP contribution in [0, 0.1) is 11.3 Å². The molecule has 0 radical (unpaired) electrons. The molecule has 0 aromatic heterocycles. The Morgan fingerprint density at radius 1 is 1.10 bits per heavy atom. The Morgan fingerprint density at radius 3 is 2.28 bits per heavy atom. The van der Waals surface area contributed by atoms with E-state index in [0.717, 1.165) is 6.42 Å². The lowest BCUT2D eigenvalue weighted by Gasteiger charge is -2.31. The summed E-state index contributed by atoms with van der Waals surface area (Å²) in [6.45, 7) is 5.71. The van der Waals surface area contributed by atoms with E-state index in [4.69, 9.17) is 9.47 Å². The summed E-state index contributed by atoms with van der Waals surface area (Å²) in [4.78, 5) is 12.6. The minimum atomic E-state index is -0.728. The molecule has 2 rings (SSSR count). The molecule has 4 nitrogen and oxygen atoms in total. The van der Waals surface area contributed by atoms with Crippen molar-refractivity contribution in [3.8, 4) is 11.1 Å². The Morgan fingerprint density at radius 2 is 1.72 bits per heavy atom. The monoisotopic (exact) mass is 396 g/mol. The maximum Gasteiger partial charge on any atom is 0.314 e. The molecule has 0 unspecified atom stereocenters. The number of rotatable bonds is 11. The maximum atomic E-state index is 12.6. The van der Waals surface area contributed by atoms with Gasteiger partial charge >= 0.3 is 5.97 Å². The van der Waals surface area contributed by atoms with Gasteiger partial charge in [0.25, 0.3) is 6.92 Å². The number of carbonyl (C=O) groups excluding carboxylic acids is 1. The second-order valence-electron chi connectivity index (χ2n) is 8.14. The predicted octanol–water partition coefficient (Wildman–Crippen LogP) is 4.73. The van der Waals surface area contributed by atoms with Crippen molar-refractivity contribution < 1.29 is 19.3 Å². The average Bonchev–Trinajstić information content (AvgIpc) is 2.69. The summed E-state index contributed by atoms with van der Waals surface area (Å²) in [5.74, 6) is -0.0981. The molecule has 2 aromatic carbocycles. The number of hydrogen-bond donors (Lipinski definition) is 1. The third-order valence-corrected chi connectivity index (χ3v) is 5.23. The van der Waals surface area contributed by atoms with Crippen molar-refractivity contribution in [1.82, 2.24) is 0 Å². The van der Waals surface area contributed by atoms with E-state index >= 15 is 0 Å². The third-order valence-electron chi connectivity index (χ3n) is 5.23. The molecule has 0 bridgehead atoms. The topological polar surface area (TPSA) is 55.8 Å². The Labute approximate surface area is 175 Å². The molecule has 0 aliphatic heterocycles. The Bertz CT molecular complexity index is 745. The molecule has 0 aliphatic rings. The van der Waals surface area contributed by atoms with Crippen LogP contribution in [0.1, 0.15) is 25.8 Å². The van der Waals surface area contributed by atoms with Gasteiger partial charge in [0.15, 0.2) is 0 Å². The average molecular weight is 396 g/mol. The molecule has 5 heteroatoms. The summed E-state index contributed by atoms with van der Waals surface area (Å²) in [6, 6.07) is 18.8. The van der Waals surface area contributed by atoms with Gasteiger partial charge in [0.1, 0.15) is 0 Å². The van der Waals surface area contributed by atoms with Gasteiger partial charge in [0.2, 0.25) is 0 Å². The number of carbonyl (C=O) groups is 1. The number of ether oxygens (including phenoxy) is 2. The molecule has 0 amide bonds. The van der Waals surface area contributed by atoms with Crippen LogP contribution in [-0.2, 0) is 20.7 Å². The predicted molar refractivity (Wildman–Crippen MR) is 119 cm³/mol. The zero-order valence-corrected chi connectivity index (χ0v) is 18.1. The first-order valence-electron chi connectivity index (χ1n) is 10.4. The van der Waals surface area contributed by atoms with Crippen molar-refractivity contribution in [3.63, 3.8) is 0 Å². The van der Waals surface area contributed by atoms with Gasteiger partial charge < -0.3 is 14.5 Å². The molecule has 1 N–H and O–H groups in total. The highest BCUT2D eigenvalue weighted by Crippen LogP contribution is 2.33. The number of hydrogen-bond acceptors (Lipinski definition) is 4. The Hall–Kier alpha value is -2.11. The quantitative estimate of drug-likeness (QED) is 0.441. The van der Waals surface area contributed by atoms with E-state index in [9.17, 15) is 9.82 Å². The summed E-state index contributed by atoms with van der Waals surface area (Å²) in [6.07, 6.45) is 2.02. The van der Waals surface area contributed by atoms with Crippen LogP contribution in [0.25, 0.3) is 11.1 Å². The lowest BCUT2D eigenvalue weighted by molar-refractivity contribution is -0.158. The van der Waals surface area contributed by atoms with Crippen LogP contribution in [0.15, 0.2) is 54.6 Å². The highest BCUT2D eigenvalue weighted by molar-refractivity contribution is 6.48. The van der Waals surface area contributed by atoms with Crippen LogP contribution in [0.4, 0.5) is 0 Å². The van der Waals surface area contributed by atoms with E-state index in [-0.39, 0.29) is 11.9 Å². The molecular weight excluding hydrogens is 363 g/mol. The molecule has 2 atom stereocenters. The first-order valence-corrected chi connectivity index (χ1v) is 10.4. The molecule has 0 heterocycles. The standard InChI is InChI=1S/C24H33BO4/c1-5-29-23(26)24(2,18-28-4)16-20(17-25(3)27)15-19-11-13-22(14-12-19)21-9-7-6-8-10-21/h6-14,20,27H,5,15-18H2,1-4H3/t20-,24+/m1/s1. The maximum absolute atomic E-state index is 12.6. The molecule has 0 fully saturated rings. The number of methoxy groups -OCH3 is 1. The molecule has 0 aliphatic carbocycles. The van der Waals surface area contributed by atoms with Gasteiger partial charge in [-0.25, -0.2) is 0 Å². The molecule has 29 heavy (non-hydrogen) atoms. The van der Waals surface area contributed by atoms with Crippen molar-refractivity contribution in [3.05, 3.63) is 60.2 Å². The van der Waals surface area contributed by atoms with Gasteiger partial charge in [0.05, 0.1) is 18.6 Å². The van der Waals surface area contributed by atoms with Gasteiger partial charge in [-0.3, -0.25) is 4.79 Å². The normalized spacial score (nSPS) is 14.1. The van der Waals surface area contributed by atoms with Crippen molar-refractivity contribution in [2.45, 2.75) is 39.8 Å². The Balaban J connectivity index is 2.16. The van der Waals surface area contributed by atoms with Crippen molar-refractivity contribution in [2.24, 2.45) is 11.3 Å². The smallest absolute Gasteiger partial charge is 0.314 e. The van der Waals surface area contributed by atoms with Gasteiger partial charge in [-0.05, 0) is 55.6 Å². The minimum absolute atomic E-state index is 0.141. The van der Waals surface area contributed by atoms with Crippen molar-refractivity contribution >= 4 is 12.9 Å². The van der Waals surface area contributed by atoms with Crippen molar-refractivity contribution in [1.29, 1.82) is 0 Å². The highest BCUT2D eigenvalue weighted by Gasteiger charge is 2.37. The van der Waals surface area contributed by atoms with Gasteiger partial charge in [-0.2, -0.15) is 0 Å². The van der Waals surface area contributed by atoms with E-state index < -0.39 is 12.3 Å². The van der Waals surface area contributed by atoms with Crippen LogP contribution >= 0.6 is 0 Å². The Kier molecular flexibility index (Phi) is 8.93. The number of benzene rings is 2. The number of esters is 1. The van der Waals surface area contributed by atoms with Crippen molar-refractivity contribution in [2.75, 3.05) is 20.3 Å². The molecule has 0 spiro atoms. The summed E-state index contributed by atoms with van der Waals surface area (Å²) in [5.41, 5.74) is 2.83. The second kappa shape index (κ2) is 11.2. The summed E-state index contributed by atoms with van der Waals surface area (Å²) in [7, 11) is 1.60. The largest absolute Gasteiger partial charge is 0.466 e. The molecule has 156 valence electrons. The van der Waals surface area contributed by atoms with E-state index in [1.807, 2.05) is 32.0 Å². The fourth-order valence-electron chi connectivity index (χ4n) is 3.98. The molecule has 0 saturated heterocycles. The molecular formula is C24H33BO4. The fraction of sp³-hybridized carbons (Fsp3) is 0.458. The first kappa shape index (κ1) is 23.2. The highest BCUT2D eigenvalue weighted by atomic mass is 16.5. The van der Waals surface area contributed by atoms with Crippen LogP contribution in [0.3, 0.4) is 0 Å². The zero-order valence-electron chi connectivity index (χ0n) is 18.1. The lowest BCUT2D eigenvalue weighted by Crippen LogP contribution is -2.37. The summed E-state index contributed by atoms with van der Waals surface area (Å²) in [5, 5.41) is 10.0. The second-order valence-corrected chi connectivity index (χ2v) is 8.14. The van der Waals surface area contributed by atoms with E-state index in [0.29, 0.717) is 26.0 Å². The van der Waals surface area contributed by atoms with Gasteiger partial charge in [-0.15, -0.1) is 0 Å². The summed E-state index contributed by atoms with van der Waals surface area (Å²) < 4.78 is 10.6. The van der Waals surface area contributed by atoms with E-state index in [1.54, 1.807) is 13.9 Å². The molecule has 0 saturated carbocycles. The SMILES string of the molecule is CCOC(=O)[C@](C)(COC)C[C@H](CB(C)O)Cc1ccc(-c2ccccc2)cc1. The first-order chi connectivity index (χ1) is 13.9. The van der Waals surface area contributed by atoms with E-state index in [2.05, 4.69) is 36.4 Å². The zero-order chi connectivity index (χ0) is 21.3. The van der Waals surface area contributed by atoms with Gasteiger partial charge in [0, 0.05) is 7.11 Å². The van der Waals surface area contributed by atoms with Crippen LogP contribution in [-0.4, -0.2) is 38.2 Å². The van der Waals surface area contributed by atoms with Crippen LogP contribution in [0.2, 0.25) is 13.1 Å². The van der Waals surface area contributed by atoms with Gasteiger partial charge in [-0.1, -0.05) is 61.4 Å². The minimum Gasteiger partial charge on any atom is -0.466 e. The third kappa shape index (κ3) is 7.02. The van der Waals surface area contributed by atoms with E-state index in [1.165, 1.54) is 16.7 Å². The fourth-order valence-corrected chi connectivity index (χ4v) is 3.98. The van der Waals surface area contributed by atoms with Crippen LogP contribution in [0.5, 0.6) is 0 Å². The van der Waals surface area contributed by atoms with Crippen LogP contribution < -0.4 is 0 Å².